The van der Waals surface area contributed by atoms with Gasteiger partial charge in [0.05, 0.1) is 18.3 Å². The molecule has 1 N–H and O–H groups in total. The van der Waals surface area contributed by atoms with Crippen molar-refractivity contribution >= 4 is 11.8 Å². The molecule has 4 heterocycles. The van der Waals surface area contributed by atoms with Crippen LogP contribution in [0.4, 0.5) is 10.2 Å². The summed E-state index contributed by atoms with van der Waals surface area (Å²) >= 11 is 0. The van der Waals surface area contributed by atoms with Gasteiger partial charge in [0.15, 0.2) is 0 Å². The van der Waals surface area contributed by atoms with Crippen LogP contribution in [0.5, 0.6) is 0 Å². The molecular weight excluding hydrogens is 509 g/mol. The molecule has 1 saturated heterocycles. The smallest absolute Gasteiger partial charge is 0.328 e. The first kappa shape index (κ1) is 29.0. The summed E-state index contributed by atoms with van der Waals surface area (Å²) in [7, 11) is 0. The van der Waals surface area contributed by atoms with E-state index in [1.165, 1.54) is 24.1 Å². The number of hydrogen-bond acceptors (Lipinski definition) is 7. The lowest BCUT2D eigenvalue weighted by molar-refractivity contribution is -0.168. The van der Waals surface area contributed by atoms with Crippen molar-refractivity contribution < 1.29 is 23.4 Å². The van der Waals surface area contributed by atoms with Crippen molar-refractivity contribution in [1.82, 2.24) is 9.88 Å². The number of carbonyl (C=O) groups excluding carboxylic acids is 1. The maximum Gasteiger partial charge on any atom is 0.328 e. The number of halogens is 1. The molecule has 1 unspecified atom stereocenters. The van der Waals surface area contributed by atoms with Crippen LogP contribution in [0.3, 0.4) is 0 Å². The van der Waals surface area contributed by atoms with Gasteiger partial charge in [-0.1, -0.05) is 12.5 Å². The van der Waals surface area contributed by atoms with Gasteiger partial charge in [-0.05, 0) is 107 Å². The molecule has 0 aliphatic carbocycles. The molecule has 1 atom stereocenters. The summed E-state index contributed by atoms with van der Waals surface area (Å²) in [5.74, 6) is 0.330. The number of anilines is 1. The average molecular weight is 554 g/mol. The highest BCUT2D eigenvalue weighted by Gasteiger charge is 2.44. The van der Waals surface area contributed by atoms with E-state index in [4.69, 9.17) is 19.2 Å². The number of aromatic nitrogens is 1. The second-order valence-corrected chi connectivity index (χ2v) is 12.9. The Morgan fingerprint density at radius 1 is 1.20 bits per heavy atom. The van der Waals surface area contributed by atoms with Gasteiger partial charge in [0.1, 0.15) is 23.3 Å². The highest BCUT2D eigenvalue weighted by molar-refractivity contribution is 5.79. The van der Waals surface area contributed by atoms with E-state index in [1.807, 2.05) is 39.5 Å². The lowest BCUT2D eigenvalue weighted by Crippen LogP contribution is -2.56. The van der Waals surface area contributed by atoms with Gasteiger partial charge >= 0.3 is 5.97 Å². The summed E-state index contributed by atoms with van der Waals surface area (Å²) in [5, 5.41) is 3.41. The highest BCUT2D eigenvalue weighted by Crippen LogP contribution is 2.43. The number of fused-ring (bicyclic) bond motifs is 2. The van der Waals surface area contributed by atoms with Crippen molar-refractivity contribution in [2.75, 3.05) is 31.6 Å². The van der Waals surface area contributed by atoms with Crippen LogP contribution in [-0.4, -0.2) is 53.8 Å². The van der Waals surface area contributed by atoms with Crippen molar-refractivity contribution in [2.45, 2.75) is 103 Å². The Labute approximate surface area is 237 Å². The zero-order valence-corrected chi connectivity index (χ0v) is 24.6. The van der Waals surface area contributed by atoms with Crippen LogP contribution in [-0.2, 0) is 44.1 Å². The van der Waals surface area contributed by atoms with Gasteiger partial charge < -0.3 is 19.5 Å². The van der Waals surface area contributed by atoms with E-state index in [1.54, 1.807) is 0 Å². The number of rotatable bonds is 10. The SMILES string of the molecule is CC(C)(C)OC(=O)C(c1cc(F)cc2c1C(C)(C)OC2)N1CC(OCCCCCc2ccc3c(n2)NCCC3)C1. The van der Waals surface area contributed by atoms with Crippen LogP contribution in [0.1, 0.15) is 94.3 Å². The lowest BCUT2D eigenvalue weighted by Gasteiger charge is -2.44. The summed E-state index contributed by atoms with van der Waals surface area (Å²) in [6.07, 6.45) is 6.45. The summed E-state index contributed by atoms with van der Waals surface area (Å²) in [5.41, 5.74) is 3.53. The molecule has 1 aromatic heterocycles. The molecule has 0 radical (unpaired) electrons. The van der Waals surface area contributed by atoms with Crippen LogP contribution in [0.25, 0.3) is 0 Å². The fourth-order valence-corrected chi connectivity index (χ4v) is 6.04. The number of carbonyl (C=O) groups is 1. The van der Waals surface area contributed by atoms with Gasteiger partial charge in [-0.2, -0.15) is 0 Å². The third-order valence-electron chi connectivity index (χ3n) is 7.95. The fourth-order valence-electron chi connectivity index (χ4n) is 6.04. The Bertz CT molecular complexity index is 1220. The van der Waals surface area contributed by atoms with E-state index in [0.29, 0.717) is 31.9 Å². The molecule has 0 spiro atoms. The molecule has 5 rings (SSSR count). The Morgan fingerprint density at radius 3 is 2.77 bits per heavy atom. The molecule has 0 bridgehead atoms. The number of likely N-dealkylation sites (tertiary alicyclic amines) is 1. The standard InChI is InChI=1S/C32H44FN3O4/c1-31(2,3)40-30(37)28(26-17-23(33)16-22-20-39-32(4,5)27(22)26)36-18-25(19-36)38-15-8-6-7-11-24-13-12-21-10-9-14-34-29(21)35-24/h12-13,16-17,25,28H,6-11,14-15,18-20H2,1-5H3,(H,34,35). The van der Waals surface area contributed by atoms with Crippen molar-refractivity contribution in [3.63, 3.8) is 0 Å². The number of esters is 1. The van der Waals surface area contributed by atoms with Crippen LogP contribution < -0.4 is 5.32 Å². The van der Waals surface area contributed by atoms with E-state index in [0.717, 1.165) is 61.3 Å². The lowest BCUT2D eigenvalue weighted by atomic mass is 9.86. The Morgan fingerprint density at radius 2 is 2.00 bits per heavy atom. The normalized spacial score (nSPS) is 19.4. The zero-order valence-electron chi connectivity index (χ0n) is 24.6. The van der Waals surface area contributed by atoms with E-state index in [2.05, 4.69) is 17.4 Å². The van der Waals surface area contributed by atoms with E-state index < -0.39 is 17.2 Å². The molecule has 2 aromatic rings. The number of hydrogen-bond donors (Lipinski definition) is 1. The molecule has 8 heteroatoms. The van der Waals surface area contributed by atoms with Gasteiger partial charge in [0.2, 0.25) is 0 Å². The molecule has 40 heavy (non-hydrogen) atoms. The molecule has 218 valence electrons. The minimum absolute atomic E-state index is 0.0455. The monoisotopic (exact) mass is 553 g/mol. The molecule has 1 fully saturated rings. The molecule has 3 aliphatic rings. The first-order valence-electron chi connectivity index (χ1n) is 14.8. The predicted molar refractivity (Wildman–Crippen MR) is 153 cm³/mol. The van der Waals surface area contributed by atoms with E-state index in [-0.39, 0.29) is 17.9 Å². The largest absolute Gasteiger partial charge is 0.459 e. The Kier molecular flexibility index (Phi) is 8.50. The van der Waals surface area contributed by atoms with Crippen LogP contribution >= 0.6 is 0 Å². The summed E-state index contributed by atoms with van der Waals surface area (Å²) in [4.78, 5) is 20.3. The average Bonchev–Trinajstić information content (AvgIpc) is 3.16. The van der Waals surface area contributed by atoms with Gasteiger partial charge in [0, 0.05) is 31.9 Å². The quantitative estimate of drug-likeness (QED) is 0.293. The highest BCUT2D eigenvalue weighted by atomic mass is 19.1. The summed E-state index contributed by atoms with van der Waals surface area (Å²) in [6, 6.07) is 6.66. The first-order valence-corrected chi connectivity index (χ1v) is 14.8. The number of unbranched alkanes of at least 4 members (excludes halogenated alkanes) is 2. The third kappa shape index (κ3) is 6.67. The minimum Gasteiger partial charge on any atom is -0.459 e. The van der Waals surface area contributed by atoms with Gasteiger partial charge in [0.25, 0.3) is 0 Å². The van der Waals surface area contributed by atoms with Gasteiger partial charge in [-0.3, -0.25) is 4.90 Å². The van der Waals surface area contributed by atoms with Crippen molar-refractivity contribution in [3.8, 4) is 0 Å². The van der Waals surface area contributed by atoms with E-state index >= 15 is 0 Å². The summed E-state index contributed by atoms with van der Waals surface area (Å²) in [6.45, 7) is 12.7. The number of nitrogens with zero attached hydrogens (tertiary/aromatic N) is 2. The molecule has 0 saturated carbocycles. The second-order valence-electron chi connectivity index (χ2n) is 12.9. The topological polar surface area (TPSA) is 72.9 Å². The minimum atomic E-state index is -0.705. The van der Waals surface area contributed by atoms with Crippen molar-refractivity contribution in [1.29, 1.82) is 0 Å². The van der Waals surface area contributed by atoms with E-state index in [9.17, 15) is 9.18 Å². The maximum atomic E-state index is 14.7. The number of nitrogens with one attached hydrogen (secondary N) is 1. The third-order valence-corrected chi connectivity index (χ3v) is 7.95. The maximum absolute atomic E-state index is 14.7. The predicted octanol–water partition coefficient (Wildman–Crippen LogP) is 5.84. The van der Waals surface area contributed by atoms with Crippen molar-refractivity contribution in [2.24, 2.45) is 0 Å². The number of pyridine rings is 1. The van der Waals surface area contributed by atoms with Crippen molar-refractivity contribution in [3.05, 3.63) is 58.0 Å². The molecule has 7 nitrogen and oxygen atoms in total. The summed E-state index contributed by atoms with van der Waals surface area (Å²) < 4.78 is 32.6. The van der Waals surface area contributed by atoms with Gasteiger partial charge in [-0.15, -0.1) is 0 Å². The first-order chi connectivity index (χ1) is 19.0. The molecule has 1 aromatic carbocycles. The van der Waals surface area contributed by atoms with Crippen LogP contribution in [0.2, 0.25) is 0 Å². The van der Waals surface area contributed by atoms with Gasteiger partial charge in [-0.25, -0.2) is 14.2 Å². The Balaban J connectivity index is 1.14. The number of benzene rings is 1. The number of aryl methyl sites for hydroxylation is 2. The molecule has 3 aliphatic heterocycles. The number of ether oxygens (including phenoxy) is 3. The second kappa shape index (κ2) is 11.7. The molecular formula is C32H44FN3O4. The van der Waals surface area contributed by atoms with Crippen LogP contribution in [0.15, 0.2) is 24.3 Å². The molecule has 0 amide bonds. The fraction of sp³-hybridized carbons (Fsp3) is 0.625. The Hall–Kier alpha value is -2.55. The zero-order chi connectivity index (χ0) is 28.5. The van der Waals surface area contributed by atoms with Crippen LogP contribution in [0, 0.1) is 5.82 Å².